The second kappa shape index (κ2) is 7.99. The summed E-state index contributed by atoms with van der Waals surface area (Å²) in [5, 5.41) is 59.5. The quantitative estimate of drug-likeness (QED) is 0.320. The van der Waals surface area contributed by atoms with E-state index in [1.54, 1.807) is 0 Å². The van der Waals surface area contributed by atoms with Gasteiger partial charge in [0.05, 0.1) is 6.10 Å². The summed E-state index contributed by atoms with van der Waals surface area (Å²) in [6.45, 7) is 2.98. The lowest BCUT2D eigenvalue weighted by Crippen LogP contribution is -2.58. The van der Waals surface area contributed by atoms with Gasteiger partial charge >= 0.3 is 0 Å². The Morgan fingerprint density at radius 2 is 1.66 bits per heavy atom. The average Bonchev–Trinajstić information content (AvgIpc) is 2.74. The number of aliphatic hydroxyl groups excluding tert-OH is 3. The van der Waals surface area contributed by atoms with Crippen molar-refractivity contribution in [3.05, 3.63) is 46.1 Å². The predicted molar refractivity (Wildman–Crippen MR) is 111 cm³/mol. The summed E-state index contributed by atoms with van der Waals surface area (Å²) < 4.78 is 16.9. The van der Waals surface area contributed by atoms with Gasteiger partial charge in [-0.15, -0.1) is 0 Å². The van der Waals surface area contributed by atoms with Gasteiger partial charge in [-0.25, -0.2) is 0 Å². The number of hydrogen-bond acceptors (Lipinski definition) is 10. The summed E-state index contributed by atoms with van der Waals surface area (Å²) in [7, 11) is 0. The Balaban J connectivity index is 1.82. The monoisotopic (exact) mass is 446 g/mol. The lowest BCUT2D eigenvalue weighted by atomic mass is 10.00. The average molecular weight is 446 g/mol. The summed E-state index contributed by atoms with van der Waals surface area (Å²) in [5.41, 5.74) is -0.0773. The van der Waals surface area contributed by atoms with E-state index in [0.717, 1.165) is 6.07 Å². The maximum Gasteiger partial charge on any atom is 0.229 e. The highest BCUT2D eigenvalue weighted by Gasteiger charge is 2.43. The van der Waals surface area contributed by atoms with Crippen molar-refractivity contribution >= 4 is 11.0 Å². The summed E-state index contributed by atoms with van der Waals surface area (Å²) in [6.07, 6.45) is -6.79. The lowest BCUT2D eigenvalue weighted by molar-refractivity contribution is -0.267. The number of fused-ring (bicyclic) bond motifs is 1. The molecular formula is C22H22O10. The SMILES string of the molecule is Cc1c(-c2ccc(O)c(O)c2)oc2cc(O)cc(OC3OC(C)C(O)C(O)C3O)c2c1=O. The Morgan fingerprint density at radius 3 is 2.34 bits per heavy atom. The largest absolute Gasteiger partial charge is 0.508 e. The van der Waals surface area contributed by atoms with Crippen molar-refractivity contribution in [3.8, 4) is 34.3 Å². The number of rotatable bonds is 3. The normalized spacial score (nSPS) is 25.7. The molecular weight excluding hydrogens is 424 g/mol. The molecule has 5 atom stereocenters. The standard InChI is InChI=1S/C22H22O10/c1-8-17(26)16-14(31-21(8)10-3-4-12(24)13(25)5-10)6-11(23)7-15(16)32-22-20(29)19(28)18(27)9(2)30-22/h3-7,9,18-20,22-25,27-29H,1-2H3. The van der Waals surface area contributed by atoms with Crippen LogP contribution in [0.15, 0.2) is 39.5 Å². The molecule has 6 N–H and O–H groups in total. The number of ether oxygens (including phenoxy) is 2. The van der Waals surface area contributed by atoms with Crippen LogP contribution in [-0.2, 0) is 4.74 Å². The zero-order valence-electron chi connectivity index (χ0n) is 17.1. The number of aromatic hydroxyl groups is 3. The minimum absolute atomic E-state index is 0.0444. The first-order valence-electron chi connectivity index (χ1n) is 9.77. The third kappa shape index (κ3) is 3.63. The molecule has 5 unspecified atom stereocenters. The number of aliphatic hydroxyl groups is 3. The molecule has 1 aliphatic heterocycles. The molecule has 170 valence electrons. The molecule has 10 nitrogen and oxygen atoms in total. The molecule has 1 aromatic heterocycles. The Labute approximate surface area is 181 Å². The van der Waals surface area contributed by atoms with Crippen LogP contribution in [-0.4, -0.2) is 61.3 Å². The van der Waals surface area contributed by atoms with Gasteiger partial charge in [-0.2, -0.15) is 0 Å². The van der Waals surface area contributed by atoms with Crippen LogP contribution in [0.5, 0.6) is 23.0 Å². The molecule has 0 amide bonds. The van der Waals surface area contributed by atoms with Gasteiger partial charge in [0.2, 0.25) is 6.29 Å². The van der Waals surface area contributed by atoms with Crippen molar-refractivity contribution in [2.24, 2.45) is 0 Å². The number of benzene rings is 2. The molecule has 3 aromatic rings. The van der Waals surface area contributed by atoms with E-state index in [1.165, 1.54) is 38.1 Å². The third-order valence-corrected chi connectivity index (χ3v) is 5.46. The Kier molecular flexibility index (Phi) is 5.47. The van der Waals surface area contributed by atoms with Crippen LogP contribution >= 0.6 is 0 Å². The van der Waals surface area contributed by atoms with Crippen molar-refractivity contribution < 1.29 is 44.5 Å². The minimum atomic E-state index is -1.62. The molecule has 1 saturated heterocycles. The second-order valence-electron chi connectivity index (χ2n) is 7.71. The molecule has 1 fully saturated rings. The van der Waals surface area contributed by atoms with E-state index in [2.05, 4.69) is 0 Å². The van der Waals surface area contributed by atoms with E-state index >= 15 is 0 Å². The third-order valence-electron chi connectivity index (χ3n) is 5.46. The summed E-state index contributed by atoms with van der Waals surface area (Å²) >= 11 is 0. The van der Waals surface area contributed by atoms with Crippen LogP contribution in [0, 0.1) is 6.92 Å². The highest BCUT2D eigenvalue weighted by atomic mass is 16.7. The van der Waals surface area contributed by atoms with Crippen LogP contribution in [0.3, 0.4) is 0 Å². The molecule has 0 spiro atoms. The molecule has 0 saturated carbocycles. The predicted octanol–water partition coefficient (Wildman–Crippen LogP) is 1.09. The fourth-order valence-electron chi connectivity index (χ4n) is 3.63. The van der Waals surface area contributed by atoms with Crippen molar-refractivity contribution in [1.29, 1.82) is 0 Å². The van der Waals surface area contributed by atoms with Crippen LogP contribution in [0.2, 0.25) is 0 Å². The Bertz CT molecular complexity index is 1230. The molecule has 4 rings (SSSR count). The second-order valence-corrected chi connectivity index (χ2v) is 7.71. The number of phenols is 3. The number of phenolic OH excluding ortho intramolecular Hbond substituents is 3. The van der Waals surface area contributed by atoms with E-state index in [-0.39, 0.29) is 39.5 Å². The molecule has 2 aromatic carbocycles. The van der Waals surface area contributed by atoms with E-state index in [1.807, 2.05) is 0 Å². The summed E-state index contributed by atoms with van der Waals surface area (Å²) in [4.78, 5) is 13.2. The van der Waals surface area contributed by atoms with Gasteiger partial charge in [-0.05, 0) is 32.0 Å². The van der Waals surface area contributed by atoms with E-state index in [4.69, 9.17) is 13.9 Å². The van der Waals surface area contributed by atoms with Gasteiger partial charge < -0.3 is 44.5 Å². The molecule has 32 heavy (non-hydrogen) atoms. The summed E-state index contributed by atoms with van der Waals surface area (Å²) in [6, 6.07) is 6.27. The first-order valence-corrected chi connectivity index (χ1v) is 9.77. The summed E-state index contributed by atoms with van der Waals surface area (Å²) in [5.74, 6) is -1.09. The first-order chi connectivity index (χ1) is 15.1. The van der Waals surface area contributed by atoms with Gasteiger partial charge in [0.25, 0.3) is 0 Å². The molecule has 1 aliphatic rings. The van der Waals surface area contributed by atoms with Crippen molar-refractivity contribution in [2.75, 3.05) is 0 Å². The zero-order chi connectivity index (χ0) is 23.3. The molecule has 10 heteroatoms. The topological polar surface area (TPSA) is 170 Å². The highest BCUT2D eigenvalue weighted by molar-refractivity contribution is 5.87. The van der Waals surface area contributed by atoms with Crippen molar-refractivity contribution in [1.82, 2.24) is 0 Å². The fourth-order valence-corrected chi connectivity index (χ4v) is 3.63. The van der Waals surface area contributed by atoms with Gasteiger partial charge in [-0.3, -0.25) is 4.79 Å². The van der Waals surface area contributed by atoms with Crippen molar-refractivity contribution in [2.45, 2.75) is 44.6 Å². The molecule has 0 bridgehead atoms. The van der Waals surface area contributed by atoms with Crippen LogP contribution < -0.4 is 10.2 Å². The Hall–Kier alpha value is -3.31. The van der Waals surface area contributed by atoms with Gasteiger partial charge in [-0.1, -0.05) is 0 Å². The van der Waals surface area contributed by atoms with E-state index in [9.17, 15) is 35.4 Å². The van der Waals surface area contributed by atoms with Crippen LogP contribution in [0.4, 0.5) is 0 Å². The first kappa shape index (κ1) is 21.9. The minimum Gasteiger partial charge on any atom is -0.508 e. The van der Waals surface area contributed by atoms with E-state index < -0.39 is 41.9 Å². The maximum absolute atomic E-state index is 13.2. The lowest BCUT2D eigenvalue weighted by Gasteiger charge is -2.38. The smallest absolute Gasteiger partial charge is 0.229 e. The maximum atomic E-state index is 13.2. The van der Waals surface area contributed by atoms with Crippen LogP contribution in [0.1, 0.15) is 12.5 Å². The van der Waals surface area contributed by atoms with Gasteiger partial charge in [0.15, 0.2) is 16.9 Å². The van der Waals surface area contributed by atoms with Gasteiger partial charge in [0.1, 0.15) is 46.5 Å². The highest BCUT2D eigenvalue weighted by Crippen LogP contribution is 2.36. The van der Waals surface area contributed by atoms with Crippen molar-refractivity contribution in [3.63, 3.8) is 0 Å². The molecule has 2 heterocycles. The van der Waals surface area contributed by atoms with E-state index in [0.29, 0.717) is 5.56 Å². The Morgan fingerprint density at radius 1 is 0.938 bits per heavy atom. The number of hydrogen-bond donors (Lipinski definition) is 6. The van der Waals surface area contributed by atoms with Gasteiger partial charge in [0, 0.05) is 23.3 Å². The molecule has 0 aliphatic carbocycles. The zero-order valence-corrected chi connectivity index (χ0v) is 17.1. The van der Waals surface area contributed by atoms with Crippen LogP contribution in [0.25, 0.3) is 22.3 Å². The fraction of sp³-hybridized carbons (Fsp3) is 0.318. The molecule has 0 radical (unpaired) electrons.